The van der Waals surface area contributed by atoms with E-state index in [4.69, 9.17) is 0 Å². The lowest BCUT2D eigenvalue weighted by Gasteiger charge is -2.52. The Morgan fingerprint density at radius 1 is 1.04 bits per heavy atom. The maximum Gasteiger partial charge on any atom is 0.231 e. The van der Waals surface area contributed by atoms with Gasteiger partial charge in [0, 0.05) is 19.6 Å². The number of hydrogen-bond donors (Lipinski definition) is 0. The van der Waals surface area contributed by atoms with Gasteiger partial charge in [-0.1, -0.05) is 43.2 Å². The molecule has 3 nitrogen and oxygen atoms in total. The van der Waals surface area contributed by atoms with Gasteiger partial charge in [-0.2, -0.15) is 0 Å². The molecule has 3 fully saturated rings. The van der Waals surface area contributed by atoms with Crippen molar-refractivity contribution in [3.05, 3.63) is 35.9 Å². The van der Waals surface area contributed by atoms with Gasteiger partial charge in [0.2, 0.25) is 5.91 Å². The minimum atomic E-state index is -0.0129. The van der Waals surface area contributed by atoms with Crippen LogP contribution in [0.5, 0.6) is 0 Å². The molecule has 0 bridgehead atoms. The summed E-state index contributed by atoms with van der Waals surface area (Å²) in [6, 6.07) is 10.4. The SMILES string of the molecule is O=C1N(Cc2ccccc2)CC12CCN(CC1CCCC1)CC2. The third-order valence-corrected chi connectivity index (χ3v) is 6.25. The summed E-state index contributed by atoms with van der Waals surface area (Å²) in [6.45, 7) is 5.28. The molecule has 2 aliphatic heterocycles. The number of amides is 1. The van der Waals surface area contributed by atoms with Crippen molar-refractivity contribution in [3.8, 4) is 0 Å². The zero-order valence-electron chi connectivity index (χ0n) is 14.0. The molecule has 1 amide bonds. The lowest BCUT2D eigenvalue weighted by Crippen LogP contribution is -2.64. The first kappa shape index (κ1) is 15.2. The largest absolute Gasteiger partial charge is 0.337 e. The summed E-state index contributed by atoms with van der Waals surface area (Å²) in [5.74, 6) is 1.33. The minimum absolute atomic E-state index is 0.0129. The third kappa shape index (κ3) is 3.03. The van der Waals surface area contributed by atoms with Gasteiger partial charge < -0.3 is 9.80 Å². The van der Waals surface area contributed by atoms with E-state index in [0.29, 0.717) is 5.91 Å². The van der Waals surface area contributed by atoms with E-state index < -0.39 is 0 Å². The third-order valence-electron chi connectivity index (χ3n) is 6.25. The lowest BCUT2D eigenvalue weighted by molar-refractivity contribution is -0.166. The van der Waals surface area contributed by atoms with Gasteiger partial charge in [-0.25, -0.2) is 0 Å². The molecule has 0 atom stereocenters. The second-order valence-corrected chi connectivity index (χ2v) is 7.88. The topological polar surface area (TPSA) is 23.6 Å². The van der Waals surface area contributed by atoms with Crippen LogP contribution in [0.1, 0.15) is 44.1 Å². The molecule has 2 saturated heterocycles. The fraction of sp³-hybridized carbons (Fsp3) is 0.650. The van der Waals surface area contributed by atoms with E-state index in [-0.39, 0.29) is 5.41 Å². The van der Waals surface area contributed by atoms with Crippen LogP contribution in [0.3, 0.4) is 0 Å². The molecule has 1 aliphatic carbocycles. The van der Waals surface area contributed by atoms with Gasteiger partial charge >= 0.3 is 0 Å². The fourth-order valence-electron chi connectivity index (χ4n) is 4.77. The monoisotopic (exact) mass is 312 g/mol. The van der Waals surface area contributed by atoms with E-state index in [2.05, 4.69) is 29.2 Å². The average Bonchev–Trinajstić information content (AvgIpc) is 3.10. The van der Waals surface area contributed by atoms with Crippen LogP contribution in [0.25, 0.3) is 0 Å². The van der Waals surface area contributed by atoms with Crippen LogP contribution in [0, 0.1) is 11.3 Å². The Hall–Kier alpha value is -1.35. The molecule has 3 aliphatic rings. The van der Waals surface area contributed by atoms with E-state index in [0.717, 1.165) is 44.9 Å². The fourth-order valence-corrected chi connectivity index (χ4v) is 4.77. The molecule has 2 heterocycles. The Bertz CT molecular complexity index is 542. The molecule has 1 spiro atoms. The summed E-state index contributed by atoms with van der Waals surface area (Å²) in [4.78, 5) is 17.4. The first-order valence-electron chi connectivity index (χ1n) is 9.31. The zero-order valence-corrected chi connectivity index (χ0v) is 14.0. The maximum absolute atomic E-state index is 12.7. The second kappa shape index (κ2) is 6.27. The Kier molecular flexibility index (Phi) is 4.14. The molecule has 0 aromatic heterocycles. The number of β-lactam (4-membered cyclic amide) rings is 1. The van der Waals surface area contributed by atoms with Crippen molar-refractivity contribution in [2.45, 2.75) is 45.1 Å². The predicted molar refractivity (Wildman–Crippen MR) is 91.9 cm³/mol. The molecule has 1 aromatic carbocycles. The van der Waals surface area contributed by atoms with Gasteiger partial charge in [-0.3, -0.25) is 4.79 Å². The summed E-state index contributed by atoms with van der Waals surface area (Å²) in [6.07, 6.45) is 7.84. The van der Waals surface area contributed by atoms with E-state index in [9.17, 15) is 4.79 Å². The van der Waals surface area contributed by atoms with E-state index in [1.807, 2.05) is 11.0 Å². The highest BCUT2D eigenvalue weighted by molar-refractivity contribution is 5.88. The van der Waals surface area contributed by atoms with Gasteiger partial charge in [0.15, 0.2) is 0 Å². The van der Waals surface area contributed by atoms with Crippen molar-refractivity contribution in [1.29, 1.82) is 0 Å². The van der Waals surface area contributed by atoms with Crippen LogP contribution in [0.15, 0.2) is 30.3 Å². The molecular formula is C20H28N2O. The van der Waals surface area contributed by atoms with Crippen LogP contribution in [0.2, 0.25) is 0 Å². The zero-order chi connectivity index (χ0) is 15.7. The van der Waals surface area contributed by atoms with Crippen LogP contribution >= 0.6 is 0 Å². The predicted octanol–water partition coefficient (Wildman–Crippen LogP) is 3.30. The quantitative estimate of drug-likeness (QED) is 0.797. The smallest absolute Gasteiger partial charge is 0.231 e. The highest BCUT2D eigenvalue weighted by atomic mass is 16.2. The molecule has 124 valence electrons. The average molecular weight is 312 g/mol. The number of carbonyl (C=O) groups excluding carboxylic acids is 1. The lowest BCUT2D eigenvalue weighted by atomic mass is 9.71. The Morgan fingerprint density at radius 3 is 2.39 bits per heavy atom. The normalized spacial score (nSPS) is 25.0. The highest BCUT2D eigenvalue weighted by Gasteiger charge is 2.52. The van der Waals surface area contributed by atoms with Crippen LogP contribution < -0.4 is 0 Å². The summed E-state index contributed by atoms with van der Waals surface area (Å²) >= 11 is 0. The molecule has 1 saturated carbocycles. The number of rotatable bonds is 4. The number of hydrogen-bond acceptors (Lipinski definition) is 2. The van der Waals surface area contributed by atoms with Gasteiger partial charge in [0.25, 0.3) is 0 Å². The summed E-state index contributed by atoms with van der Waals surface area (Å²) in [5.41, 5.74) is 1.23. The van der Waals surface area contributed by atoms with Crippen LogP contribution in [0.4, 0.5) is 0 Å². The van der Waals surface area contributed by atoms with Crippen molar-refractivity contribution in [2.75, 3.05) is 26.2 Å². The first-order valence-corrected chi connectivity index (χ1v) is 9.31. The van der Waals surface area contributed by atoms with Crippen molar-refractivity contribution < 1.29 is 4.79 Å². The standard InChI is InChI=1S/C20H28N2O/c23-19-20(16-22(19)15-18-6-2-1-3-7-18)10-12-21(13-11-20)14-17-8-4-5-9-17/h1-3,6-7,17H,4-5,8-16H2. The molecule has 4 rings (SSSR count). The Morgan fingerprint density at radius 2 is 1.74 bits per heavy atom. The number of piperidine rings is 1. The van der Waals surface area contributed by atoms with Crippen molar-refractivity contribution in [3.63, 3.8) is 0 Å². The molecule has 1 aromatic rings. The summed E-state index contributed by atoms with van der Waals surface area (Å²) in [5, 5.41) is 0. The van der Waals surface area contributed by atoms with E-state index in [1.54, 1.807) is 0 Å². The van der Waals surface area contributed by atoms with Crippen molar-refractivity contribution in [1.82, 2.24) is 9.80 Å². The van der Waals surface area contributed by atoms with Crippen LogP contribution in [-0.2, 0) is 11.3 Å². The van der Waals surface area contributed by atoms with Crippen molar-refractivity contribution in [2.24, 2.45) is 11.3 Å². The van der Waals surface area contributed by atoms with Gasteiger partial charge in [-0.05, 0) is 50.3 Å². The minimum Gasteiger partial charge on any atom is -0.337 e. The molecule has 0 unspecified atom stereocenters. The number of carbonyl (C=O) groups is 1. The number of nitrogens with zero attached hydrogens (tertiary/aromatic N) is 2. The number of benzene rings is 1. The van der Waals surface area contributed by atoms with Crippen molar-refractivity contribution >= 4 is 5.91 Å². The molecule has 0 N–H and O–H groups in total. The van der Waals surface area contributed by atoms with Gasteiger partial charge in [-0.15, -0.1) is 0 Å². The van der Waals surface area contributed by atoms with E-state index >= 15 is 0 Å². The second-order valence-electron chi connectivity index (χ2n) is 7.88. The number of likely N-dealkylation sites (tertiary alicyclic amines) is 2. The molecular weight excluding hydrogens is 284 g/mol. The first-order chi connectivity index (χ1) is 11.3. The molecule has 23 heavy (non-hydrogen) atoms. The molecule has 3 heteroatoms. The van der Waals surface area contributed by atoms with Gasteiger partial charge in [0.1, 0.15) is 0 Å². The molecule has 0 radical (unpaired) electrons. The Labute approximate surface area is 139 Å². The highest BCUT2D eigenvalue weighted by Crippen LogP contribution is 2.42. The summed E-state index contributed by atoms with van der Waals surface area (Å²) < 4.78 is 0. The van der Waals surface area contributed by atoms with Gasteiger partial charge in [0.05, 0.1) is 5.41 Å². The van der Waals surface area contributed by atoms with Crippen LogP contribution in [-0.4, -0.2) is 41.9 Å². The maximum atomic E-state index is 12.7. The Balaban J connectivity index is 1.28. The van der Waals surface area contributed by atoms with E-state index in [1.165, 1.54) is 37.8 Å². The summed E-state index contributed by atoms with van der Waals surface area (Å²) in [7, 11) is 0.